The molecule has 1 unspecified atom stereocenters. The van der Waals surface area contributed by atoms with Crippen LogP contribution in [0.2, 0.25) is 0 Å². The van der Waals surface area contributed by atoms with E-state index < -0.39 is 30.0 Å². The van der Waals surface area contributed by atoms with Gasteiger partial charge in [-0.3, -0.25) is 9.59 Å². The van der Waals surface area contributed by atoms with Gasteiger partial charge in [-0.2, -0.15) is 0 Å². The average molecular weight is 245 g/mol. The highest BCUT2D eigenvalue weighted by molar-refractivity contribution is 5.89. The summed E-state index contributed by atoms with van der Waals surface area (Å²) in [6.07, 6.45) is 2.02. The maximum Gasteiger partial charge on any atom is 0.325 e. The van der Waals surface area contributed by atoms with Gasteiger partial charge in [0.1, 0.15) is 12.1 Å². The number of carbonyl (C=O) groups excluding carboxylic acids is 2. The van der Waals surface area contributed by atoms with E-state index in [-0.39, 0.29) is 0 Å². The van der Waals surface area contributed by atoms with E-state index in [1.807, 2.05) is 6.92 Å². The van der Waals surface area contributed by atoms with Crippen molar-refractivity contribution >= 4 is 17.9 Å². The number of carboxylic acid groups (broad SMARTS) is 1. The standard InChI is InChI=1S/C10H19N3O4/c1-3-4-5-7(13-10(11)17)8(14)12-6(2)9(15)16/h6-7H,3-5H2,1-2H3,(H,12,14)(H,15,16)(H3,11,13,17)/t6-,7?/m1/s1. The summed E-state index contributed by atoms with van der Waals surface area (Å²) in [6.45, 7) is 3.29. The Hall–Kier alpha value is -1.79. The summed E-state index contributed by atoms with van der Waals surface area (Å²) in [7, 11) is 0. The van der Waals surface area contributed by atoms with Crippen molar-refractivity contribution in [3.05, 3.63) is 0 Å². The number of carboxylic acids is 1. The van der Waals surface area contributed by atoms with Gasteiger partial charge in [0, 0.05) is 0 Å². The zero-order valence-corrected chi connectivity index (χ0v) is 10.0. The maximum atomic E-state index is 11.7. The van der Waals surface area contributed by atoms with Crippen LogP contribution in [0.5, 0.6) is 0 Å². The molecule has 0 bridgehead atoms. The Labute approximate surface area is 99.7 Å². The number of hydrogen-bond donors (Lipinski definition) is 4. The number of nitrogens with two attached hydrogens (primary N) is 1. The van der Waals surface area contributed by atoms with E-state index in [0.717, 1.165) is 12.8 Å². The Morgan fingerprint density at radius 2 is 1.88 bits per heavy atom. The van der Waals surface area contributed by atoms with Crippen molar-refractivity contribution in [2.45, 2.75) is 45.2 Å². The first-order valence-corrected chi connectivity index (χ1v) is 5.47. The highest BCUT2D eigenvalue weighted by Gasteiger charge is 2.22. The highest BCUT2D eigenvalue weighted by Crippen LogP contribution is 2.01. The van der Waals surface area contributed by atoms with E-state index in [2.05, 4.69) is 10.6 Å². The molecule has 0 aliphatic heterocycles. The topological polar surface area (TPSA) is 122 Å². The Kier molecular flexibility index (Phi) is 6.69. The smallest absolute Gasteiger partial charge is 0.325 e. The van der Waals surface area contributed by atoms with Crippen LogP contribution in [0, 0.1) is 0 Å². The minimum atomic E-state index is -1.13. The minimum Gasteiger partial charge on any atom is -0.480 e. The number of carbonyl (C=O) groups is 3. The fourth-order valence-electron chi connectivity index (χ4n) is 1.22. The molecule has 0 saturated heterocycles. The fourth-order valence-corrected chi connectivity index (χ4v) is 1.22. The second-order valence-electron chi connectivity index (χ2n) is 3.77. The molecule has 0 spiro atoms. The average Bonchev–Trinajstić information content (AvgIpc) is 2.23. The quantitative estimate of drug-likeness (QED) is 0.496. The van der Waals surface area contributed by atoms with Gasteiger partial charge >= 0.3 is 12.0 Å². The van der Waals surface area contributed by atoms with Crippen molar-refractivity contribution in [2.24, 2.45) is 5.73 Å². The zero-order valence-electron chi connectivity index (χ0n) is 10.0. The van der Waals surface area contributed by atoms with Crippen LogP contribution in [0.3, 0.4) is 0 Å². The molecule has 0 aromatic rings. The van der Waals surface area contributed by atoms with Crippen molar-refractivity contribution in [1.29, 1.82) is 0 Å². The summed E-state index contributed by atoms with van der Waals surface area (Å²) in [6, 6.07) is -2.58. The van der Waals surface area contributed by atoms with Crippen LogP contribution in [0.25, 0.3) is 0 Å². The molecule has 7 nitrogen and oxygen atoms in total. The van der Waals surface area contributed by atoms with Crippen LogP contribution < -0.4 is 16.4 Å². The Morgan fingerprint density at radius 3 is 2.29 bits per heavy atom. The molecular weight excluding hydrogens is 226 g/mol. The number of unbranched alkanes of at least 4 members (excludes halogenated alkanes) is 1. The van der Waals surface area contributed by atoms with Gasteiger partial charge in [-0.05, 0) is 13.3 Å². The van der Waals surface area contributed by atoms with E-state index >= 15 is 0 Å². The number of rotatable bonds is 7. The third kappa shape index (κ3) is 6.39. The lowest BCUT2D eigenvalue weighted by atomic mass is 10.1. The second kappa shape index (κ2) is 7.48. The summed E-state index contributed by atoms with van der Waals surface area (Å²) >= 11 is 0. The van der Waals surface area contributed by atoms with Gasteiger partial charge < -0.3 is 21.5 Å². The number of primary amides is 1. The molecule has 0 aromatic carbocycles. The van der Waals surface area contributed by atoms with Crippen molar-refractivity contribution in [3.63, 3.8) is 0 Å². The lowest BCUT2D eigenvalue weighted by molar-refractivity contribution is -0.141. The Morgan fingerprint density at radius 1 is 1.29 bits per heavy atom. The molecule has 2 atom stereocenters. The molecule has 5 N–H and O–H groups in total. The molecule has 3 amide bonds. The lowest BCUT2D eigenvalue weighted by Crippen LogP contribution is -2.51. The second-order valence-corrected chi connectivity index (χ2v) is 3.77. The van der Waals surface area contributed by atoms with Gasteiger partial charge in [0.25, 0.3) is 0 Å². The SMILES string of the molecule is CCCCC(NC(N)=O)C(=O)N[C@H](C)C(=O)O. The Balaban J connectivity index is 4.40. The lowest BCUT2D eigenvalue weighted by Gasteiger charge is -2.18. The Bertz CT molecular complexity index is 293. The van der Waals surface area contributed by atoms with Gasteiger partial charge in [-0.25, -0.2) is 4.79 Å². The van der Waals surface area contributed by atoms with Crippen LogP contribution >= 0.6 is 0 Å². The van der Waals surface area contributed by atoms with Crippen LogP contribution in [-0.4, -0.2) is 35.1 Å². The van der Waals surface area contributed by atoms with Gasteiger partial charge in [0.05, 0.1) is 0 Å². The van der Waals surface area contributed by atoms with E-state index in [4.69, 9.17) is 10.8 Å². The largest absolute Gasteiger partial charge is 0.480 e. The first-order valence-electron chi connectivity index (χ1n) is 5.47. The number of nitrogens with one attached hydrogen (secondary N) is 2. The van der Waals surface area contributed by atoms with Crippen LogP contribution in [0.1, 0.15) is 33.1 Å². The van der Waals surface area contributed by atoms with Gasteiger partial charge in [0.15, 0.2) is 0 Å². The molecule has 0 heterocycles. The molecule has 17 heavy (non-hydrogen) atoms. The predicted octanol–water partition coefficient (Wildman–Crippen LogP) is -0.197. The highest BCUT2D eigenvalue weighted by atomic mass is 16.4. The number of urea groups is 1. The number of hydrogen-bond acceptors (Lipinski definition) is 3. The van der Waals surface area contributed by atoms with Crippen LogP contribution in [-0.2, 0) is 9.59 Å². The van der Waals surface area contributed by atoms with E-state index in [0.29, 0.717) is 6.42 Å². The third-order valence-corrected chi connectivity index (χ3v) is 2.21. The van der Waals surface area contributed by atoms with Crippen LogP contribution in [0.4, 0.5) is 4.79 Å². The first kappa shape index (κ1) is 15.2. The van der Waals surface area contributed by atoms with Crippen molar-refractivity contribution in [2.75, 3.05) is 0 Å². The molecule has 0 radical (unpaired) electrons. The summed E-state index contributed by atoms with van der Waals surface area (Å²) in [5.74, 6) is -1.67. The molecule has 0 aromatic heterocycles. The maximum absolute atomic E-state index is 11.7. The van der Waals surface area contributed by atoms with Gasteiger partial charge in [-0.1, -0.05) is 19.8 Å². The van der Waals surface area contributed by atoms with Crippen LogP contribution in [0.15, 0.2) is 0 Å². The normalized spacial score (nSPS) is 13.5. The van der Waals surface area contributed by atoms with E-state index in [9.17, 15) is 14.4 Å². The summed E-state index contributed by atoms with van der Waals surface area (Å²) in [5, 5.41) is 13.2. The van der Waals surface area contributed by atoms with Crippen molar-refractivity contribution < 1.29 is 19.5 Å². The summed E-state index contributed by atoms with van der Waals surface area (Å²) in [5.41, 5.74) is 4.95. The summed E-state index contributed by atoms with van der Waals surface area (Å²) in [4.78, 5) is 32.9. The molecule has 0 saturated carbocycles. The minimum absolute atomic E-state index is 0.428. The third-order valence-electron chi connectivity index (χ3n) is 2.21. The van der Waals surface area contributed by atoms with Gasteiger partial charge in [-0.15, -0.1) is 0 Å². The van der Waals surface area contributed by atoms with Crippen molar-refractivity contribution in [3.8, 4) is 0 Å². The summed E-state index contributed by atoms with van der Waals surface area (Å²) < 4.78 is 0. The predicted molar refractivity (Wildman–Crippen MR) is 61.3 cm³/mol. The fraction of sp³-hybridized carbons (Fsp3) is 0.700. The molecular formula is C10H19N3O4. The number of amides is 3. The zero-order chi connectivity index (χ0) is 13.4. The molecule has 0 aliphatic rings. The monoisotopic (exact) mass is 245 g/mol. The van der Waals surface area contributed by atoms with E-state index in [1.165, 1.54) is 6.92 Å². The molecule has 7 heteroatoms. The molecule has 98 valence electrons. The van der Waals surface area contributed by atoms with Crippen molar-refractivity contribution in [1.82, 2.24) is 10.6 Å². The molecule has 0 aliphatic carbocycles. The number of aliphatic carboxylic acids is 1. The molecule has 0 fully saturated rings. The first-order chi connectivity index (χ1) is 7.88. The molecule has 0 rings (SSSR count). The van der Waals surface area contributed by atoms with Gasteiger partial charge in [0.2, 0.25) is 5.91 Å². The van der Waals surface area contributed by atoms with E-state index in [1.54, 1.807) is 0 Å².